The minimum Gasteiger partial charge on any atom is -0.462 e. The summed E-state index contributed by atoms with van der Waals surface area (Å²) in [5, 5.41) is 12.6. The summed E-state index contributed by atoms with van der Waals surface area (Å²) < 4.78 is 5.04. The van der Waals surface area contributed by atoms with Gasteiger partial charge < -0.3 is 15.0 Å². The van der Waals surface area contributed by atoms with Gasteiger partial charge in [0, 0.05) is 41.8 Å². The first-order chi connectivity index (χ1) is 20.6. The molecule has 3 aromatic rings. The van der Waals surface area contributed by atoms with Crippen LogP contribution in [0.3, 0.4) is 0 Å². The number of ether oxygens (including phenoxy) is 1. The Morgan fingerprint density at radius 1 is 1.07 bits per heavy atom. The van der Waals surface area contributed by atoms with Crippen LogP contribution in [0.4, 0.5) is 16.2 Å². The zero-order valence-electron chi connectivity index (χ0n) is 23.3. The topological polar surface area (TPSA) is 123 Å². The van der Waals surface area contributed by atoms with Gasteiger partial charge >= 0.3 is 12.0 Å². The number of carbonyl (C=O) groups is 4. The van der Waals surface area contributed by atoms with Crippen molar-refractivity contribution >= 4 is 58.4 Å². The number of carbonyl (C=O) groups excluding carboxylic acids is 4. The Morgan fingerprint density at radius 3 is 2.42 bits per heavy atom. The molecule has 0 unspecified atom stereocenters. The molecular formula is C31H27Cl2N5O5. The second kappa shape index (κ2) is 12.1. The van der Waals surface area contributed by atoms with Gasteiger partial charge in [-0.25, -0.2) is 14.5 Å². The monoisotopic (exact) mass is 619 g/mol. The molecule has 0 saturated carbocycles. The number of anilines is 2. The number of esters is 1. The predicted molar refractivity (Wildman–Crippen MR) is 161 cm³/mol. The minimum atomic E-state index is -1.36. The van der Waals surface area contributed by atoms with E-state index in [1.165, 1.54) is 29.2 Å². The summed E-state index contributed by atoms with van der Waals surface area (Å²) in [6.07, 6.45) is 0. The lowest BCUT2D eigenvalue weighted by atomic mass is 9.80. The second-order valence-electron chi connectivity index (χ2n) is 10.3. The van der Waals surface area contributed by atoms with Crippen LogP contribution in [0.5, 0.6) is 0 Å². The Hall–Kier alpha value is -4.43. The normalized spacial score (nSPS) is 20.0. The molecule has 5 rings (SSSR count). The van der Waals surface area contributed by atoms with Gasteiger partial charge in [0.25, 0.3) is 5.91 Å². The maximum atomic E-state index is 14.3. The highest BCUT2D eigenvalue weighted by Crippen LogP contribution is 2.46. The molecule has 2 heterocycles. The fourth-order valence-electron chi connectivity index (χ4n) is 5.76. The van der Waals surface area contributed by atoms with Crippen LogP contribution in [-0.4, -0.2) is 72.4 Å². The number of amides is 4. The Morgan fingerprint density at radius 2 is 1.77 bits per heavy atom. The van der Waals surface area contributed by atoms with Crippen LogP contribution >= 0.6 is 23.2 Å². The van der Waals surface area contributed by atoms with E-state index in [-0.39, 0.29) is 47.9 Å². The molecule has 0 aromatic heterocycles. The second-order valence-corrected chi connectivity index (χ2v) is 11.2. The van der Waals surface area contributed by atoms with E-state index in [4.69, 9.17) is 27.9 Å². The molecule has 2 atom stereocenters. The van der Waals surface area contributed by atoms with Gasteiger partial charge in [0.1, 0.15) is 5.54 Å². The van der Waals surface area contributed by atoms with Crippen LogP contribution in [0.1, 0.15) is 34.3 Å². The molecule has 2 saturated heterocycles. The minimum absolute atomic E-state index is 0.0693. The maximum Gasteiger partial charge on any atom is 0.338 e. The van der Waals surface area contributed by atoms with E-state index in [2.05, 4.69) is 11.4 Å². The molecule has 2 aliphatic rings. The van der Waals surface area contributed by atoms with Crippen molar-refractivity contribution in [1.29, 1.82) is 5.26 Å². The van der Waals surface area contributed by atoms with Crippen molar-refractivity contribution in [2.75, 3.05) is 43.5 Å². The van der Waals surface area contributed by atoms with E-state index in [0.29, 0.717) is 16.8 Å². The van der Waals surface area contributed by atoms with Gasteiger partial charge in [0.2, 0.25) is 5.91 Å². The van der Waals surface area contributed by atoms with Gasteiger partial charge in [-0.2, -0.15) is 5.26 Å². The number of hydrogen-bond donors (Lipinski definition) is 1. The lowest BCUT2D eigenvalue weighted by molar-refractivity contribution is -0.125. The third-order valence-corrected chi connectivity index (χ3v) is 8.14. The van der Waals surface area contributed by atoms with E-state index in [1.54, 1.807) is 56.4 Å². The summed E-state index contributed by atoms with van der Waals surface area (Å²) in [7, 11) is 1.56. The molecule has 4 amide bonds. The number of hydrogen-bond acceptors (Lipinski definition) is 7. The average Bonchev–Trinajstić information content (AvgIpc) is 3.44. The fraction of sp³-hybridized carbons (Fsp3) is 0.258. The van der Waals surface area contributed by atoms with E-state index in [1.807, 2.05) is 4.90 Å². The zero-order chi connectivity index (χ0) is 30.9. The van der Waals surface area contributed by atoms with E-state index >= 15 is 0 Å². The SMILES string of the molecule is CCOC(=O)c1cccc(NC(=O)CN2C[C@@H](c3ccc(C#N)cc3)[C@]3(C2)C(=O)N(c2cc(Cl)cc(Cl)c2)C(=O)N3C)c1. The summed E-state index contributed by atoms with van der Waals surface area (Å²) >= 11 is 12.4. The molecule has 12 heteroatoms. The van der Waals surface area contributed by atoms with Crippen molar-refractivity contribution < 1.29 is 23.9 Å². The average molecular weight is 620 g/mol. The molecule has 10 nitrogen and oxygen atoms in total. The van der Waals surface area contributed by atoms with Gasteiger partial charge in [-0.15, -0.1) is 0 Å². The van der Waals surface area contributed by atoms with Crippen LogP contribution in [0.25, 0.3) is 0 Å². The lowest BCUT2D eigenvalue weighted by Gasteiger charge is -2.34. The number of nitrogens with zero attached hydrogens (tertiary/aromatic N) is 4. The van der Waals surface area contributed by atoms with Crippen molar-refractivity contribution in [3.05, 3.63) is 93.5 Å². The van der Waals surface area contributed by atoms with Crippen molar-refractivity contribution in [2.45, 2.75) is 18.4 Å². The largest absolute Gasteiger partial charge is 0.462 e. The fourth-order valence-corrected chi connectivity index (χ4v) is 6.27. The summed E-state index contributed by atoms with van der Waals surface area (Å²) in [6, 6.07) is 19.3. The number of likely N-dealkylation sites (tertiary alicyclic amines) is 1. The number of benzene rings is 3. The van der Waals surface area contributed by atoms with Gasteiger partial charge in [-0.05, 0) is 61.0 Å². The quantitative estimate of drug-likeness (QED) is 0.294. The predicted octanol–water partition coefficient (Wildman–Crippen LogP) is 4.92. The number of urea groups is 1. The molecule has 43 heavy (non-hydrogen) atoms. The highest BCUT2D eigenvalue weighted by Gasteiger charge is 2.64. The number of nitrogens with one attached hydrogen (secondary N) is 1. The van der Waals surface area contributed by atoms with Crippen LogP contribution < -0.4 is 10.2 Å². The molecule has 1 N–H and O–H groups in total. The number of likely N-dealkylation sites (N-methyl/N-ethyl adjacent to an activating group) is 1. The molecule has 3 aromatic carbocycles. The number of halogens is 2. The summed E-state index contributed by atoms with van der Waals surface area (Å²) in [4.78, 5) is 57.6. The first-order valence-electron chi connectivity index (χ1n) is 13.4. The Kier molecular flexibility index (Phi) is 8.42. The summed E-state index contributed by atoms with van der Waals surface area (Å²) in [6.45, 7) is 2.19. The van der Waals surface area contributed by atoms with E-state index in [9.17, 15) is 24.4 Å². The molecule has 0 bridgehead atoms. The van der Waals surface area contributed by atoms with Crippen LogP contribution in [0.15, 0.2) is 66.7 Å². The molecule has 0 radical (unpaired) electrons. The van der Waals surface area contributed by atoms with Crippen molar-refractivity contribution in [2.24, 2.45) is 0 Å². The standard InChI is InChI=1S/C31H27Cl2N5O5/c1-3-43-28(40)21-5-4-6-24(11-21)35-27(39)17-37-16-26(20-9-7-19(15-34)8-10-20)31(18-37)29(41)38(30(42)36(31)2)25-13-22(32)12-23(33)14-25/h4-14,26H,3,16-18H2,1-2H3,(H,35,39)/t26-,31+/m0/s1. The Bertz CT molecular complexity index is 1640. The molecule has 220 valence electrons. The van der Waals surface area contributed by atoms with E-state index in [0.717, 1.165) is 10.5 Å². The third kappa shape index (κ3) is 5.67. The first-order valence-corrected chi connectivity index (χ1v) is 14.2. The number of nitriles is 1. The summed E-state index contributed by atoms with van der Waals surface area (Å²) in [5.41, 5.74) is 0.800. The van der Waals surface area contributed by atoms with Crippen molar-refractivity contribution in [1.82, 2.24) is 9.80 Å². The Labute approximate surface area is 258 Å². The van der Waals surface area contributed by atoms with E-state index < -0.39 is 29.4 Å². The van der Waals surface area contributed by atoms with Gasteiger partial charge in [0.15, 0.2) is 0 Å². The van der Waals surface area contributed by atoms with Crippen LogP contribution in [0, 0.1) is 11.3 Å². The smallest absolute Gasteiger partial charge is 0.338 e. The molecule has 2 aliphatic heterocycles. The highest BCUT2D eigenvalue weighted by molar-refractivity contribution is 6.35. The number of rotatable bonds is 7. The van der Waals surface area contributed by atoms with Gasteiger partial charge in [-0.3, -0.25) is 14.5 Å². The lowest BCUT2D eigenvalue weighted by Crippen LogP contribution is -2.53. The maximum absolute atomic E-state index is 14.3. The van der Waals surface area contributed by atoms with Gasteiger partial charge in [-0.1, -0.05) is 41.4 Å². The zero-order valence-corrected chi connectivity index (χ0v) is 24.9. The molecular weight excluding hydrogens is 593 g/mol. The summed E-state index contributed by atoms with van der Waals surface area (Å²) in [5.74, 6) is -1.86. The van der Waals surface area contributed by atoms with Crippen LogP contribution in [-0.2, 0) is 14.3 Å². The Balaban J connectivity index is 1.45. The van der Waals surface area contributed by atoms with Crippen molar-refractivity contribution in [3.8, 4) is 6.07 Å². The van der Waals surface area contributed by atoms with Gasteiger partial charge in [0.05, 0.1) is 36.0 Å². The highest BCUT2D eigenvalue weighted by atomic mass is 35.5. The first kappa shape index (κ1) is 30.0. The van der Waals surface area contributed by atoms with Crippen LogP contribution in [0.2, 0.25) is 10.0 Å². The number of imide groups is 1. The molecule has 2 fully saturated rings. The molecule has 0 aliphatic carbocycles. The third-order valence-electron chi connectivity index (χ3n) is 7.70. The molecule has 1 spiro atoms. The van der Waals surface area contributed by atoms with Crippen molar-refractivity contribution in [3.63, 3.8) is 0 Å².